The lowest BCUT2D eigenvalue weighted by Gasteiger charge is -2.18. The number of ether oxygens (including phenoxy) is 2. The van der Waals surface area contributed by atoms with Gasteiger partial charge in [0.25, 0.3) is 11.8 Å². The number of para-hydroxylation sites is 1. The first-order valence-electron chi connectivity index (χ1n) is 9.70. The fraction of sp³-hybridized carbons (Fsp3) is 0.167. The molecule has 0 bridgehead atoms. The van der Waals surface area contributed by atoms with Crippen LogP contribution >= 0.6 is 0 Å². The molecule has 0 spiro atoms. The van der Waals surface area contributed by atoms with Crippen molar-refractivity contribution in [3.63, 3.8) is 0 Å². The maximum atomic E-state index is 13.0. The summed E-state index contributed by atoms with van der Waals surface area (Å²) in [6.07, 6.45) is 0.780. The first kappa shape index (κ1) is 19.5. The summed E-state index contributed by atoms with van der Waals surface area (Å²) in [5, 5.41) is 2.84. The summed E-state index contributed by atoms with van der Waals surface area (Å²) in [5.41, 5.74) is 3.12. The van der Waals surface area contributed by atoms with E-state index in [4.69, 9.17) is 9.47 Å². The van der Waals surface area contributed by atoms with Crippen molar-refractivity contribution in [3.8, 4) is 11.5 Å². The molecule has 3 aromatic carbocycles. The second-order valence-electron chi connectivity index (χ2n) is 6.93. The van der Waals surface area contributed by atoms with Crippen LogP contribution in [0, 0.1) is 0 Å². The zero-order valence-corrected chi connectivity index (χ0v) is 16.6. The van der Waals surface area contributed by atoms with Crippen molar-refractivity contribution in [2.24, 2.45) is 0 Å². The summed E-state index contributed by atoms with van der Waals surface area (Å²) in [5.74, 6) is 1.01. The number of nitrogens with zero attached hydrogens (tertiary/aromatic N) is 1. The van der Waals surface area contributed by atoms with E-state index in [1.807, 2.05) is 36.4 Å². The highest BCUT2D eigenvalue weighted by Gasteiger charge is 2.26. The molecule has 0 atom stereocenters. The van der Waals surface area contributed by atoms with Crippen molar-refractivity contribution in [3.05, 3.63) is 83.9 Å². The topological polar surface area (TPSA) is 67.9 Å². The fourth-order valence-electron chi connectivity index (χ4n) is 3.42. The summed E-state index contributed by atoms with van der Waals surface area (Å²) >= 11 is 0. The Morgan fingerprint density at radius 1 is 0.967 bits per heavy atom. The number of benzene rings is 3. The van der Waals surface area contributed by atoms with Crippen molar-refractivity contribution in [1.82, 2.24) is 0 Å². The predicted octanol–water partition coefficient (Wildman–Crippen LogP) is 3.92. The Labute approximate surface area is 175 Å². The second kappa shape index (κ2) is 8.69. The van der Waals surface area contributed by atoms with E-state index in [1.165, 1.54) is 0 Å². The first-order chi connectivity index (χ1) is 14.6. The van der Waals surface area contributed by atoms with Crippen molar-refractivity contribution in [1.29, 1.82) is 0 Å². The molecule has 1 heterocycles. The lowest BCUT2D eigenvalue weighted by Crippen LogP contribution is -2.29. The molecule has 0 radical (unpaired) electrons. The van der Waals surface area contributed by atoms with Crippen molar-refractivity contribution in [2.75, 3.05) is 30.5 Å². The highest BCUT2D eigenvalue weighted by Crippen LogP contribution is 2.32. The van der Waals surface area contributed by atoms with Crippen LogP contribution in [-0.4, -0.2) is 32.1 Å². The molecule has 152 valence electrons. The molecule has 0 aromatic heterocycles. The van der Waals surface area contributed by atoms with Gasteiger partial charge in [0.05, 0.1) is 7.11 Å². The van der Waals surface area contributed by atoms with Crippen LogP contribution < -0.4 is 19.7 Å². The van der Waals surface area contributed by atoms with E-state index in [0.29, 0.717) is 29.3 Å². The molecule has 0 aliphatic carbocycles. The van der Waals surface area contributed by atoms with Crippen LogP contribution in [0.15, 0.2) is 72.8 Å². The molecule has 3 aromatic rings. The van der Waals surface area contributed by atoms with Crippen molar-refractivity contribution in [2.45, 2.75) is 6.42 Å². The minimum Gasteiger partial charge on any atom is -0.497 e. The third-order valence-electron chi connectivity index (χ3n) is 4.96. The Bertz CT molecular complexity index is 1050. The lowest BCUT2D eigenvalue weighted by atomic mass is 10.1. The Kier molecular flexibility index (Phi) is 5.66. The Balaban J connectivity index is 1.44. The van der Waals surface area contributed by atoms with Crippen LogP contribution in [0.4, 0.5) is 11.4 Å². The highest BCUT2D eigenvalue weighted by atomic mass is 16.5. The largest absolute Gasteiger partial charge is 0.497 e. The van der Waals surface area contributed by atoms with Gasteiger partial charge in [0.15, 0.2) is 6.61 Å². The van der Waals surface area contributed by atoms with Gasteiger partial charge in [-0.25, -0.2) is 0 Å². The number of fused-ring (bicyclic) bond motifs is 1. The number of amides is 2. The zero-order valence-electron chi connectivity index (χ0n) is 16.6. The van der Waals surface area contributed by atoms with E-state index in [9.17, 15) is 9.59 Å². The Morgan fingerprint density at radius 2 is 1.73 bits per heavy atom. The lowest BCUT2D eigenvalue weighted by molar-refractivity contribution is -0.118. The van der Waals surface area contributed by atoms with Gasteiger partial charge in [-0.1, -0.05) is 24.3 Å². The molecule has 0 fully saturated rings. The maximum Gasteiger partial charge on any atom is 0.262 e. The third kappa shape index (κ3) is 4.27. The summed E-state index contributed by atoms with van der Waals surface area (Å²) in [6.45, 7) is 0.518. The highest BCUT2D eigenvalue weighted by molar-refractivity contribution is 6.07. The van der Waals surface area contributed by atoms with Gasteiger partial charge in [0.2, 0.25) is 0 Å². The van der Waals surface area contributed by atoms with Crippen LogP contribution in [0.2, 0.25) is 0 Å². The molecular formula is C24H22N2O4. The summed E-state index contributed by atoms with van der Waals surface area (Å²) < 4.78 is 10.6. The smallest absolute Gasteiger partial charge is 0.262 e. The monoisotopic (exact) mass is 402 g/mol. The fourth-order valence-corrected chi connectivity index (χ4v) is 3.42. The number of carbonyl (C=O) groups is 2. The molecule has 6 heteroatoms. The zero-order chi connectivity index (χ0) is 20.9. The summed E-state index contributed by atoms with van der Waals surface area (Å²) in [7, 11) is 1.59. The summed E-state index contributed by atoms with van der Waals surface area (Å²) in [6, 6.07) is 21.9. The van der Waals surface area contributed by atoms with Crippen LogP contribution in [0.25, 0.3) is 0 Å². The standard InChI is InChI=1S/C24H22N2O4/c1-29-20-11-8-18(9-12-20)24(28)26-14-13-17-7-10-19(15-22(17)26)25-23(27)16-30-21-5-3-2-4-6-21/h2-12,15H,13-14,16H2,1H3,(H,25,27). The number of anilines is 2. The molecule has 6 nitrogen and oxygen atoms in total. The van der Waals surface area contributed by atoms with E-state index in [0.717, 1.165) is 17.7 Å². The van der Waals surface area contributed by atoms with E-state index >= 15 is 0 Å². The third-order valence-corrected chi connectivity index (χ3v) is 4.96. The number of hydrogen-bond donors (Lipinski definition) is 1. The average molecular weight is 402 g/mol. The van der Waals surface area contributed by atoms with Gasteiger partial charge in [-0.15, -0.1) is 0 Å². The van der Waals surface area contributed by atoms with Gasteiger partial charge >= 0.3 is 0 Å². The molecule has 0 saturated heterocycles. The molecule has 2 amide bonds. The van der Waals surface area contributed by atoms with Crippen LogP contribution in [0.5, 0.6) is 11.5 Å². The van der Waals surface area contributed by atoms with Gasteiger partial charge in [-0.05, 0) is 60.5 Å². The number of rotatable bonds is 6. The van der Waals surface area contributed by atoms with Crippen LogP contribution in [-0.2, 0) is 11.2 Å². The number of methoxy groups -OCH3 is 1. The van der Waals surface area contributed by atoms with Crippen LogP contribution in [0.1, 0.15) is 15.9 Å². The molecule has 30 heavy (non-hydrogen) atoms. The molecule has 1 N–H and O–H groups in total. The quantitative estimate of drug-likeness (QED) is 0.679. The number of nitrogens with one attached hydrogen (secondary N) is 1. The molecule has 4 rings (SSSR count). The van der Waals surface area contributed by atoms with E-state index < -0.39 is 0 Å². The van der Waals surface area contributed by atoms with Gasteiger partial charge in [-0.2, -0.15) is 0 Å². The molecular weight excluding hydrogens is 380 g/mol. The second-order valence-corrected chi connectivity index (χ2v) is 6.93. The molecule has 1 aliphatic heterocycles. The summed E-state index contributed by atoms with van der Waals surface area (Å²) in [4.78, 5) is 27.0. The maximum absolute atomic E-state index is 13.0. The Hall–Kier alpha value is -3.80. The van der Waals surface area contributed by atoms with Crippen molar-refractivity contribution >= 4 is 23.2 Å². The Morgan fingerprint density at radius 3 is 2.47 bits per heavy atom. The average Bonchev–Trinajstić information content (AvgIpc) is 3.21. The van der Waals surface area contributed by atoms with E-state index in [2.05, 4.69) is 5.32 Å². The molecule has 0 saturated carbocycles. The minimum atomic E-state index is -0.259. The molecule has 0 unspecified atom stereocenters. The van der Waals surface area contributed by atoms with E-state index in [-0.39, 0.29) is 18.4 Å². The van der Waals surface area contributed by atoms with Crippen molar-refractivity contribution < 1.29 is 19.1 Å². The number of hydrogen-bond acceptors (Lipinski definition) is 4. The predicted molar refractivity (Wildman–Crippen MR) is 115 cm³/mol. The van der Waals surface area contributed by atoms with Gasteiger partial charge < -0.3 is 19.7 Å². The normalized spacial score (nSPS) is 12.2. The van der Waals surface area contributed by atoms with Gasteiger partial charge in [-0.3, -0.25) is 9.59 Å². The van der Waals surface area contributed by atoms with Gasteiger partial charge in [0.1, 0.15) is 11.5 Å². The van der Waals surface area contributed by atoms with Gasteiger partial charge in [0, 0.05) is 23.5 Å². The SMILES string of the molecule is COc1ccc(C(=O)N2CCc3ccc(NC(=O)COc4ccccc4)cc32)cc1. The number of carbonyl (C=O) groups excluding carboxylic acids is 2. The first-order valence-corrected chi connectivity index (χ1v) is 9.70. The van der Waals surface area contributed by atoms with Crippen LogP contribution in [0.3, 0.4) is 0 Å². The minimum absolute atomic E-state index is 0.0766. The molecule has 1 aliphatic rings. The van der Waals surface area contributed by atoms with E-state index in [1.54, 1.807) is 48.4 Å².